The summed E-state index contributed by atoms with van der Waals surface area (Å²) in [7, 11) is 0. The van der Waals surface area contributed by atoms with Crippen molar-refractivity contribution in [2.75, 3.05) is 0 Å². The van der Waals surface area contributed by atoms with Gasteiger partial charge in [-0.1, -0.05) is 38.8 Å². The third-order valence-corrected chi connectivity index (χ3v) is 3.35. The van der Waals surface area contributed by atoms with Crippen molar-refractivity contribution in [1.29, 1.82) is 0 Å². The predicted octanol–water partition coefficient (Wildman–Crippen LogP) is 3.96. The van der Waals surface area contributed by atoms with Crippen LogP contribution in [0.3, 0.4) is 0 Å². The molecule has 0 heterocycles. The van der Waals surface area contributed by atoms with Crippen LogP contribution in [-0.2, 0) is 0 Å². The Morgan fingerprint density at radius 3 is 2.38 bits per heavy atom. The SMILES string of the molecule is CCC(CC)CC(N)c1ccc(F)c(C)c1. The summed E-state index contributed by atoms with van der Waals surface area (Å²) in [5.74, 6) is 0.513. The smallest absolute Gasteiger partial charge is 0.126 e. The zero-order valence-electron chi connectivity index (χ0n) is 10.5. The second-order valence-corrected chi connectivity index (χ2v) is 4.53. The maximum absolute atomic E-state index is 13.1. The van der Waals surface area contributed by atoms with Crippen LogP contribution in [0.1, 0.15) is 50.3 Å². The average Bonchev–Trinajstić information content (AvgIpc) is 2.29. The Bertz CT molecular complexity index is 332. The number of aryl methyl sites for hydroxylation is 1. The monoisotopic (exact) mass is 223 g/mol. The molecule has 90 valence electrons. The number of nitrogens with two attached hydrogens (primary N) is 1. The lowest BCUT2D eigenvalue weighted by molar-refractivity contribution is 0.414. The molecule has 0 aromatic heterocycles. The molecule has 0 spiro atoms. The minimum Gasteiger partial charge on any atom is -0.324 e. The van der Waals surface area contributed by atoms with E-state index in [9.17, 15) is 4.39 Å². The molecule has 1 nitrogen and oxygen atoms in total. The summed E-state index contributed by atoms with van der Waals surface area (Å²) in [6.45, 7) is 6.16. The minimum atomic E-state index is -0.154. The Morgan fingerprint density at radius 2 is 1.88 bits per heavy atom. The number of hydrogen-bond donors (Lipinski definition) is 1. The molecule has 0 aliphatic rings. The summed E-state index contributed by atoms with van der Waals surface area (Å²) in [5, 5.41) is 0. The lowest BCUT2D eigenvalue weighted by Crippen LogP contribution is -2.15. The van der Waals surface area contributed by atoms with Gasteiger partial charge in [0, 0.05) is 6.04 Å². The second-order valence-electron chi connectivity index (χ2n) is 4.53. The van der Waals surface area contributed by atoms with Crippen molar-refractivity contribution >= 4 is 0 Å². The summed E-state index contributed by atoms with van der Waals surface area (Å²) in [6.07, 6.45) is 3.30. The first-order valence-corrected chi connectivity index (χ1v) is 6.10. The molecular formula is C14H22FN. The Balaban J connectivity index is 2.72. The van der Waals surface area contributed by atoms with Gasteiger partial charge < -0.3 is 5.73 Å². The van der Waals surface area contributed by atoms with Gasteiger partial charge in [-0.05, 0) is 36.5 Å². The van der Waals surface area contributed by atoms with E-state index in [0.717, 1.165) is 24.8 Å². The lowest BCUT2D eigenvalue weighted by Gasteiger charge is -2.19. The maximum Gasteiger partial charge on any atom is 0.126 e. The van der Waals surface area contributed by atoms with E-state index < -0.39 is 0 Å². The molecule has 16 heavy (non-hydrogen) atoms. The zero-order chi connectivity index (χ0) is 12.1. The molecule has 1 aromatic rings. The summed E-state index contributed by atoms with van der Waals surface area (Å²) in [4.78, 5) is 0. The molecule has 0 aliphatic carbocycles. The van der Waals surface area contributed by atoms with E-state index in [1.54, 1.807) is 13.0 Å². The minimum absolute atomic E-state index is 0.0317. The first-order valence-electron chi connectivity index (χ1n) is 6.10. The third kappa shape index (κ3) is 3.31. The van der Waals surface area contributed by atoms with Gasteiger partial charge in [-0.25, -0.2) is 4.39 Å². The van der Waals surface area contributed by atoms with Gasteiger partial charge in [-0.3, -0.25) is 0 Å². The average molecular weight is 223 g/mol. The van der Waals surface area contributed by atoms with Crippen molar-refractivity contribution in [2.45, 2.75) is 46.1 Å². The van der Waals surface area contributed by atoms with Crippen LogP contribution in [0.2, 0.25) is 0 Å². The van der Waals surface area contributed by atoms with E-state index in [1.807, 2.05) is 6.07 Å². The maximum atomic E-state index is 13.1. The molecule has 0 radical (unpaired) electrons. The van der Waals surface area contributed by atoms with E-state index in [0.29, 0.717) is 11.5 Å². The van der Waals surface area contributed by atoms with Gasteiger partial charge in [0.05, 0.1) is 0 Å². The van der Waals surface area contributed by atoms with Crippen molar-refractivity contribution in [3.8, 4) is 0 Å². The molecule has 0 amide bonds. The topological polar surface area (TPSA) is 26.0 Å². The van der Waals surface area contributed by atoms with Gasteiger partial charge in [0.2, 0.25) is 0 Å². The summed E-state index contributed by atoms with van der Waals surface area (Å²) in [6, 6.07) is 5.21. The van der Waals surface area contributed by atoms with Gasteiger partial charge in [0.25, 0.3) is 0 Å². The van der Waals surface area contributed by atoms with Crippen LogP contribution in [0, 0.1) is 18.7 Å². The first-order chi connectivity index (χ1) is 7.58. The highest BCUT2D eigenvalue weighted by atomic mass is 19.1. The molecule has 1 atom stereocenters. The zero-order valence-corrected chi connectivity index (χ0v) is 10.5. The Hall–Kier alpha value is -0.890. The van der Waals surface area contributed by atoms with Crippen LogP contribution in [0.5, 0.6) is 0 Å². The molecule has 0 saturated carbocycles. The van der Waals surface area contributed by atoms with E-state index in [1.165, 1.54) is 6.07 Å². The van der Waals surface area contributed by atoms with Crippen molar-refractivity contribution in [1.82, 2.24) is 0 Å². The largest absolute Gasteiger partial charge is 0.324 e. The van der Waals surface area contributed by atoms with Crippen molar-refractivity contribution in [3.05, 3.63) is 35.1 Å². The Morgan fingerprint density at radius 1 is 1.25 bits per heavy atom. The fourth-order valence-corrected chi connectivity index (χ4v) is 2.02. The van der Waals surface area contributed by atoms with Crippen LogP contribution in [0.15, 0.2) is 18.2 Å². The van der Waals surface area contributed by atoms with E-state index in [2.05, 4.69) is 13.8 Å². The quantitative estimate of drug-likeness (QED) is 0.803. The molecule has 0 saturated heterocycles. The summed E-state index contributed by atoms with van der Waals surface area (Å²) >= 11 is 0. The number of halogens is 1. The molecule has 0 bridgehead atoms. The van der Waals surface area contributed by atoms with Crippen molar-refractivity contribution in [2.24, 2.45) is 11.7 Å². The van der Waals surface area contributed by atoms with Gasteiger partial charge in [0.15, 0.2) is 0 Å². The molecule has 2 N–H and O–H groups in total. The van der Waals surface area contributed by atoms with Crippen LogP contribution in [-0.4, -0.2) is 0 Å². The number of benzene rings is 1. The fourth-order valence-electron chi connectivity index (χ4n) is 2.02. The lowest BCUT2D eigenvalue weighted by atomic mass is 9.91. The predicted molar refractivity (Wildman–Crippen MR) is 66.8 cm³/mol. The van der Waals surface area contributed by atoms with Crippen LogP contribution in [0.4, 0.5) is 4.39 Å². The van der Waals surface area contributed by atoms with E-state index in [-0.39, 0.29) is 11.9 Å². The van der Waals surface area contributed by atoms with E-state index in [4.69, 9.17) is 5.73 Å². The van der Waals surface area contributed by atoms with Gasteiger partial charge in [0.1, 0.15) is 5.82 Å². The van der Waals surface area contributed by atoms with E-state index >= 15 is 0 Å². The number of hydrogen-bond acceptors (Lipinski definition) is 1. The molecule has 0 fully saturated rings. The molecule has 1 unspecified atom stereocenters. The molecule has 0 aliphatic heterocycles. The molecule has 1 aromatic carbocycles. The Labute approximate surface area is 97.9 Å². The second kappa shape index (κ2) is 6.00. The highest BCUT2D eigenvalue weighted by Gasteiger charge is 2.12. The van der Waals surface area contributed by atoms with Crippen molar-refractivity contribution < 1.29 is 4.39 Å². The van der Waals surface area contributed by atoms with Gasteiger partial charge in [-0.15, -0.1) is 0 Å². The molecule has 2 heteroatoms. The van der Waals surface area contributed by atoms with Gasteiger partial charge >= 0.3 is 0 Å². The van der Waals surface area contributed by atoms with Crippen LogP contribution >= 0.6 is 0 Å². The fraction of sp³-hybridized carbons (Fsp3) is 0.571. The van der Waals surface area contributed by atoms with Gasteiger partial charge in [-0.2, -0.15) is 0 Å². The molecule has 1 rings (SSSR count). The standard InChI is InChI=1S/C14H22FN/c1-4-11(5-2)9-14(16)12-6-7-13(15)10(3)8-12/h6-8,11,14H,4-5,9,16H2,1-3H3. The third-order valence-electron chi connectivity index (χ3n) is 3.35. The summed E-state index contributed by atoms with van der Waals surface area (Å²) in [5.41, 5.74) is 7.87. The first kappa shape index (κ1) is 13.2. The highest BCUT2D eigenvalue weighted by Crippen LogP contribution is 2.24. The molecular weight excluding hydrogens is 201 g/mol. The number of rotatable bonds is 5. The van der Waals surface area contributed by atoms with Crippen LogP contribution < -0.4 is 5.73 Å². The van der Waals surface area contributed by atoms with Crippen LogP contribution in [0.25, 0.3) is 0 Å². The Kier molecular flexibility index (Phi) is 4.94. The normalized spacial score (nSPS) is 13.1. The highest BCUT2D eigenvalue weighted by molar-refractivity contribution is 5.26. The van der Waals surface area contributed by atoms with Crippen molar-refractivity contribution in [3.63, 3.8) is 0 Å². The summed E-state index contributed by atoms with van der Waals surface area (Å²) < 4.78 is 13.1.